The highest BCUT2D eigenvalue weighted by Gasteiger charge is 2.29. The maximum atomic E-state index is 12.8. The number of aromatic nitrogens is 19. The number of hydrogen-bond acceptors (Lipinski definition) is 26. The van der Waals surface area contributed by atoms with Crippen LogP contribution in [0.1, 0.15) is 31.8 Å². The van der Waals surface area contributed by atoms with E-state index in [1.54, 1.807) is 48.9 Å². The molecule has 0 aliphatic carbocycles. The Kier molecular flexibility index (Phi) is 26.2. The van der Waals surface area contributed by atoms with Crippen LogP contribution in [0.4, 0.5) is 5.82 Å². The number of nitrogens with two attached hydrogens (primary N) is 1. The lowest BCUT2D eigenvalue weighted by molar-refractivity contribution is -0.137. The number of phenols is 6. The summed E-state index contributed by atoms with van der Waals surface area (Å²) in [5, 5.41) is 85.3. The number of fused-ring (bicyclic) bond motifs is 9. The Labute approximate surface area is 786 Å². The smallest absolute Gasteiger partial charge is 0.323 e. The van der Waals surface area contributed by atoms with E-state index in [4.69, 9.17) is 150 Å². The van der Waals surface area contributed by atoms with Gasteiger partial charge in [-0.15, -0.1) is 0 Å². The minimum absolute atomic E-state index is 0.00467. The number of rotatable bonds is 9. The number of H-pyrrole nitrogens is 2. The molecule has 19 aromatic rings. The van der Waals surface area contributed by atoms with Gasteiger partial charge in [0.15, 0.2) is 34.5 Å². The number of imide groups is 1. The third-order valence-electron chi connectivity index (χ3n) is 19.4. The van der Waals surface area contributed by atoms with E-state index in [2.05, 4.69) is 65.6 Å². The molecule has 1 aliphatic heterocycles. The van der Waals surface area contributed by atoms with E-state index in [9.17, 15) is 73.8 Å². The van der Waals surface area contributed by atoms with Crippen molar-refractivity contribution < 1.29 is 50.1 Å². The lowest BCUT2D eigenvalue weighted by atomic mass is 10.1. The maximum Gasteiger partial charge on any atom is 0.323 e. The molecule has 2 amide bonds. The van der Waals surface area contributed by atoms with Crippen LogP contribution < -0.4 is 44.4 Å². The molecule has 20 rings (SSSR count). The molecule has 0 unspecified atom stereocenters. The summed E-state index contributed by atoms with van der Waals surface area (Å²) in [5.41, 5.74) is 7.79. The summed E-state index contributed by atoms with van der Waals surface area (Å²) in [5.74, 6) is -3.16. The molecule has 8 aromatic carbocycles. The molecule has 49 heteroatoms. The molecule has 0 radical (unpaired) electrons. The molecule has 131 heavy (non-hydrogen) atoms. The van der Waals surface area contributed by atoms with Crippen molar-refractivity contribution in [3.63, 3.8) is 0 Å². The molecule has 11 aromatic heterocycles. The number of amides is 2. The number of aromatic hydroxyl groups is 6. The van der Waals surface area contributed by atoms with Crippen molar-refractivity contribution in [1.29, 1.82) is 0 Å². The third kappa shape index (κ3) is 18.1. The first-order valence-corrected chi connectivity index (χ1v) is 41.2. The standard InChI is InChI=1S/C16H10Cl2N4O2.C16H7Cl2N3O4.C15H8Cl2N4O2.C14H10Cl2N4O2.C11H6Cl2N4O2.C10H6Cl2N2O4/c17-10-6-11(18)15(23)14-13(10)16(24)22(8-20-14)7-9-1-3-21-4-2-19-12(21)5-9;17-9-4-10(18)13(22)12-11(9)16(25)21(5-19-12)6-1-2-7-8(3-6)15(24)20-14(7)23;16-9-4-10(17)14(22)13-12(9)15(23)21(6-18-13)8-1-2-11-7(3-8)5-19-20-11;15-8-4-9(16)13(21)12-11(8)14(22)20(6-19-12)5-7-1-2-18-10(17)3-7;12-5-3-6(13)10(18)9-8(5)11(19)17(4-14-9)7-1-2-15-16-7;11-4-1-5(12)9(17)8-7(4)10(18)14(3-13-8)2-6(15)16/h1-6,8,23H,7H2;1-5,22H,(H,20,23,24);1-6,22H,(H,19,20);1-4,6,21H,5H2,(H2,17,18);1-4,18H,(H,15,16);1,3,17H,2H2,(H,15,16). The highest BCUT2D eigenvalue weighted by Crippen LogP contribution is 2.41. The number of carbonyl (C=O) groups excluding carboxylic acids is 2. The van der Waals surface area contributed by atoms with Gasteiger partial charge in [-0.05, 0) is 108 Å². The molecule has 0 saturated heterocycles. The van der Waals surface area contributed by atoms with Crippen LogP contribution in [0.15, 0.2) is 207 Å². The van der Waals surface area contributed by atoms with Gasteiger partial charge in [-0.1, -0.05) is 139 Å². The zero-order chi connectivity index (χ0) is 93.7. The molecule has 0 spiro atoms. The van der Waals surface area contributed by atoms with Gasteiger partial charge in [0.1, 0.15) is 75.9 Å². The van der Waals surface area contributed by atoms with Crippen LogP contribution in [0.3, 0.4) is 0 Å². The van der Waals surface area contributed by atoms with Gasteiger partial charge in [-0.25, -0.2) is 39.9 Å². The number of nitrogen functional groups attached to an aromatic ring is 1. The highest BCUT2D eigenvalue weighted by molar-refractivity contribution is 6.43. The molecule has 0 saturated carbocycles. The molecule has 660 valence electrons. The number of hydrogen-bond donors (Lipinski definition) is 11. The largest absolute Gasteiger partial charge is 0.504 e. The van der Waals surface area contributed by atoms with E-state index < -0.39 is 46.6 Å². The van der Waals surface area contributed by atoms with Gasteiger partial charge in [0.2, 0.25) is 0 Å². The van der Waals surface area contributed by atoms with Gasteiger partial charge < -0.3 is 45.9 Å². The van der Waals surface area contributed by atoms with Crippen molar-refractivity contribution >= 4 is 245 Å². The van der Waals surface area contributed by atoms with Crippen molar-refractivity contribution in [2.45, 2.75) is 19.6 Å². The Morgan fingerprint density at radius 3 is 1.20 bits per heavy atom. The van der Waals surface area contributed by atoms with E-state index in [0.29, 0.717) is 29.6 Å². The number of carboxylic acid groups (broad SMARTS) is 1. The average Bonchev–Trinajstić information content (AvgIpc) is 1.66. The molecular weight excluding hydrogens is 1960 g/mol. The van der Waals surface area contributed by atoms with E-state index in [1.807, 2.05) is 35.0 Å². The number of halogens is 12. The van der Waals surface area contributed by atoms with Crippen molar-refractivity contribution in [2.75, 3.05) is 5.73 Å². The van der Waals surface area contributed by atoms with Gasteiger partial charge in [-0.2, -0.15) is 10.2 Å². The number of imidazole rings is 1. The lowest BCUT2D eigenvalue weighted by Crippen LogP contribution is -2.24. The van der Waals surface area contributed by atoms with Crippen LogP contribution in [0.5, 0.6) is 34.5 Å². The van der Waals surface area contributed by atoms with Crippen molar-refractivity contribution in [1.82, 2.24) is 97.4 Å². The second-order valence-electron chi connectivity index (χ2n) is 27.6. The van der Waals surface area contributed by atoms with Crippen LogP contribution >= 0.6 is 139 Å². The monoisotopic (exact) mass is 2000 g/mol. The fraction of sp³-hybridized carbons (Fsp3) is 0.0366. The number of pyridine rings is 2. The number of anilines is 1. The van der Waals surface area contributed by atoms with Crippen LogP contribution in [0.2, 0.25) is 60.3 Å². The first-order valence-electron chi connectivity index (χ1n) is 36.7. The first kappa shape index (κ1) is 91.6. The topological polar surface area (TPSA) is 528 Å². The zero-order valence-corrected chi connectivity index (χ0v) is 74.0. The fourth-order valence-electron chi connectivity index (χ4n) is 13.2. The Hall–Kier alpha value is -14.2. The Balaban J connectivity index is 0.000000121. The number of nitrogens with one attached hydrogen (secondary N) is 3. The first-order chi connectivity index (χ1) is 62.5. The van der Waals surface area contributed by atoms with E-state index >= 15 is 0 Å². The number of carboxylic acids is 1. The van der Waals surface area contributed by atoms with E-state index in [1.165, 1.54) is 111 Å². The quantitative estimate of drug-likeness (QED) is 0.0598. The number of carbonyl (C=O) groups is 3. The molecule has 0 atom stereocenters. The van der Waals surface area contributed by atoms with Gasteiger partial charge in [0.05, 0.1) is 165 Å². The number of benzene rings is 8. The summed E-state index contributed by atoms with van der Waals surface area (Å²) >= 11 is 71.1. The van der Waals surface area contributed by atoms with Crippen molar-refractivity contribution in [3.8, 4) is 51.7 Å². The maximum absolute atomic E-state index is 12.8. The second-order valence-corrected chi connectivity index (χ2v) is 32.5. The van der Waals surface area contributed by atoms with Gasteiger partial charge >= 0.3 is 5.97 Å². The summed E-state index contributed by atoms with van der Waals surface area (Å²) in [6.07, 6.45) is 17.6. The SMILES string of the molecule is Nc1cc(Cn2cnc3c(O)c(Cl)cc(Cl)c3c2=O)ccn1.O=C(O)Cn1cnc2c(O)c(Cl)cc(Cl)c2c1=O.O=C1NC(=O)c2cc(-n3cnc4c(O)c(Cl)cc(Cl)c4c3=O)ccc21.O=c1c2c(Cl)cc(Cl)c(O)c2ncn1-c1ccc2[nH]ncc2c1.O=c1c2c(Cl)cc(Cl)c(O)c2ncn1-c1ccn[nH]1.O=c1c2c(Cl)cc(Cl)c(O)c2ncn1Cc1ccn2ccnc2c1. The number of nitrogens with zero attached hydrogens (tertiary/aromatic N) is 17. The molecule has 12 heterocycles. The van der Waals surface area contributed by atoms with Crippen LogP contribution in [-0.4, -0.2) is 146 Å². The Morgan fingerprint density at radius 1 is 0.359 bits per heavy atom. The minimum atomic E-state index is -1.19. The molecule has 37 nitrogen and oxygen atoms in total. The third-order valence-corrected chi connectivity index (χ3v) is 23.0. The van der Waals surface area contributed by atoms with Crippen molar-refractivity contribution in [2.24, 2.45) is 0 Å². The van der Waals surface area contributed by atoms with Gasteiger partial charge in [0.25, 0.3) is 45.2 Å². The molecule has 12 N–H and O–H groups in total. The average molecular weight is 2010 g/mol. The minimum Gasteiger partial charge on any atom is -0.504 e. The summed E-state index contributed by atoms with van der Waals surface area (Å²) in [6, 6.07) is 26.3. The summed E-state index contributed by atoms with van der Waals surface area (Å²) < 4.78 is 9.32. The van der Waals surface area contributed by atoms with Crippen molar-refractivity contribution in [3.05, 3.63) is 323 Å². The fourth-order valence-corrected chi connectivity index (χ4v) is 16.4. The number of aliphatic carboxylic acids is 1. The highest BCUT2D eigenvalue weighted by atomic mass is 35.5. The summed E-state index contributed by atoms with van der Waals surface area (Å²) in [4.78, 5) is 141. The molecule has 0 fully saturated rings. The van der Waals surface area contributed by atoms with E-state index in [0.717, 1.165) is 43.1 Å². The second kappa shape index (κ2) is 37.5. The normalized spacial score (nSPS) is 11.5. The van der Waals surface area contributed by atoms with Crippen LogP contribution in [0.25, 0.3) is 99.2 Å². The Morgan fingerprint density at radius 2 is 0.756 bits per heavy atom. The molecule has 1 aliphatic rings. The zero-order valence-electron chi connectivity index (χ0n) is 64.9. The number of phenolic OH excluding ortho intramolecular Hbond substituents is 6. The van der Waals surface area contributed by atoms with Gasteiger partial charge in [-0.3, -0.25) is 86.1 Å². The lowest BCUT2D eigenvalue weighted by Gasteiger charge is -2.10. The van der Waals surface area contributed by atoms with Gasteiger partial charge in [0, 0.05) is 36.2 Å². The Bertz CT molecular complexity index is 8420. The summed E-state index contributed by atoms with van der Waals surface area (Å²) in [7, 11) is 0. The van der Waals surface area contributed by atoms with Crippen LogP contribution in [0, 0.1) is 0 Å². The predicted molar refractivity (Wildman–Crippen MR) is 493 cm³/mol. The van der Waals surface area contributed by atoms with Crippen LogP contribution in [-0.2, 0) is 24.4 Å². The number of aromatic amines is 2. The molecule has 0 bridgehead atoms. The molecular formula is C82H47Cl12N21O16. The van der Waals surface area contributed by atoms with E-state index in [-0.39, 0.29) is 189 Å². The predicted octanol–water partition coefficient (Wildman–Crippen LogP) is 14.7. The summed E-state index contributed by atoms with van der Waals surface area (Å²) in [6.45, 7) is 0.0283.